The summed E-state index contributed by atoms with van der Waals surface area (Å²) in [6, 6.07) is 14.1. The number of furan rings is 1. The predicted octanol–water partition coefficient (Wildman–Crippen LogP) is 3.45. The molecule has 4 aromatic rings. The maximum Gasteiger partial charge on any atom is 0.144 e. The van der Waals surface area contributed by atoms with Crippen molar-refractivity contribution < 1.29 is 4.42 Å². The van der Waals surface area contributed by atoms with Crippen LogP contribution in [0, 0.1) is 0 Å². The molecule has 2 aromatic heterocycles. The maximum atomic E-state index is 5.82. The van der Waals surface area contributed by atoms with E-state index >= 15 is 0 Å². The normalized spacial score (nSPS) is 11.5. The molecular weight excluding hydrogens is 262 g/mol. The molecule has 4 heteroatoms. The summed E-state index contributed by atoms with van der Waals surface area (Å²) in [5, 5.41) is 1.07. The molecule has 2 aromatic carbocycles. The van der Waals surface area contributed by atoms with Gasteiger partial charge in [-0.1, -0.05) is 30.3 Å². The fourth-order valence-electron chi connectivity index (χ4n) is 2.83. The standard InChI is InChI=1S/C17H15N3O/c1-20-14-7-4-5-11(9-18)16(14)19-17(20)13-10-21-15-8-3-2-6-12(13)15/h2-8,10H,9,18H2,1H3. The monoisotopic (exact) mass is 277 g/mol. The van der Waals surface area contributed by atoms with Gasteiger partial charge in [0.15, 0.2) is 0 Å². The van der Waals surface area contributed by atoms with E-state index in [-0.39, 0.29) is 0 Å². The number of aryl methyl sites for hydroxylation is 1. The number of benzene rings is 2. The molecule has 0 amide bonds. The Morgan fingerprint density at radius 3 is 2.86 bits per heavy atom. The van der Waals surface area contributed by atoms with E-state index in [1.165, 1.54) is 0 Å². The van der Waals surface area contributed by atoms with E-state index in [4.69, 9.17) is 15.1 Å². The third-order valence-electron chi connectivity index (χ3n) is 3.94. The average Bonchev–Trinajstić information content (AvgIpc) is 3.09. The summed E-state index contributed by atoms with van der Waals surface area (Å²) in [6.45, 7) is 0.486. The molecule has 0 saturated heterocycles. The zero-order valence-corrected chi connectivity index (χ0v) is 11.7. The van der Waals surface area contributed by atoms with Crippen molar-refractivity contribution >= 4 is 22.0 Å². The Labute approximate surface area is 121 Å². The zero-order chi connectivity index (χ0) is 14.4. The Morgan fingerprint density at radius 1 is 1.14 bits per heavy atom. The highest BCUT2D eigenvalue weighted by molar-refractivity contribution is 5.94. The minimum absolute atomic E-state index is 0.486. The fourth-order valence-corrected chi connectivity index (χ4v) is 2.83. The highest BCUT2D eigenvalue weighted by atomic mass is 16.3. The fraction of sp³-hybridized carbons (Fsp3) is 0.118. The molecule has 4 rings (SSSR count). The Balaban J connectivity index is 2.05. The molecule has 21 heavy (non-hydrogen) atoms. The highest BCUT2D eigenvalue weighted by Gasteiger charge is 2.16. The molecule has 4 nitrogen and oxygen atoms in total. The van der Waals surface area contributed by atoms with Crippen LogP contribution in [0.1, 0.15) is 5.56 Å². The van der Waals surface area contributed by atoms with Gasteiger partial charge in [0.05, 0.1) is 16.6 Å². The van der Waals surface area contributed by atoms with Crippen molar-refractivity contribution in [3.63, 3.8) is 0 Å². The van der Waals surface area contributed by atoms with Gasteiger partial charge < -0.3 is 14.7 Å². The summed E-state index contributed by atoms with van der Waals surface area (Å²) in [6.07, 6.45) is 1.77. The highest BCUT2D eigenvalue weighted by Crippen LogP contribution is 2.32. The summed E-state index contributed by atoms with van der Waals surface area (Å²) in [4.78, 5) is 4.80. The van der Waals surface area contributed by atoms with E-state index in [1.807, 2.05) is 37.4 Å². The molecule has 0 atom stereocenters. The lowest BCUT2D eigenvalue weighted by molar-refractivity contribution is 0.616. The van der Waals surface area contributed by atoms with Crippen LogP contribution in [0.25, 0.3) is 33.4 Å². The largest absolute Gasteiger partial charge is 0.464 e. The van der Waals surface area contributed by atoms with Crippen LogP contribution >= 0.6 is 0 Å². The molecule has 0 aliphatic heterocycles. The smallest absolute Gasteiger partial charge is 0.144 e. The summed E-state index contributed by atoms with van der Waals surface area (Å²) in [7, 11) is 2.02. The van der Waals surface area contributed by atoms with Crippen LogP contribution in [0.4, 0.5) is 0 Å². The molecule has 0 radical (unpaired) electrons. The second-order valence-corrected chi connectivity index (χ2v) is 5.13. The predicted molar refractivity (Wildman–Crippen MR) is 83.8 cm³/mol. The molecule has 0 aliphatic carbocycles. The molecule has 0 fully saturated rings. The van der Waals surface area contributed by atoms with Gasteiger partial charge in [0.1, 0.15) is 17.7 Å². The van der Waals surface area contributed by atoms with Crippen LogP contribution in [0.3, 0.4) is 0 Å². The van der Waals surface area contributed by atoms with Gasteiger partial charge in [0.25, 0.3) is 0 Å². The average molecular weight is 277 g/mol. The second kappa shape index (κ2) is 4.46. The van der Waals surface area contributed by atoms with Crippen LogP contribution in [0.5, 0.6) is 0 Å². The number of hydrogen-bond donors (Lipinski definition) is 1. The van der Waals surface area contributed by atoms with Crippen molar-refractivity contribution in [1.82, 2.24) is 9.55 Å². The Kier molecular flexibility index (Phi) is 2.59. The van der Waals surface area contributed by atoms with Crippen LogP contribution in [0.2, 0.25) is 0 Å². The van der Waals surface area contributed by atoms with E-state index in [9.17, 15) is 0 Å². The molecule has 2 heterocycles. The molecule has 0 aliphatic rings. The quantitative estimate of drug-likeness (QED) is 0.610. The van der Waals surface area contributed by atoms with Gasteiger partial charge in [0, 0.05) is 19.0 Å². The van der Waals surface area contributed by atoms with Gasteiger partial charge >= 0.3 is 0 Å². The number of hydrogen-bond acceptors (Lipinski definition) is 3. The third kappa shape index (κ3) is 1.69. The Morgan fingerprint density at radius 2 is 2.00 bits per heavy atom. The zero-order valence-electron chi connectivity index (χ0n) is 11.7. The van der Waals surface area contributed by atoms with Gasteiger partial charge in [-0.05, 0) is 17.7 Å². The number of imidazole rings is 1. The summed E-state index contributed by atoms with van der Waals surface area (Å²) < 4.78 is 7.72. The van der Waals surface area contributed by atoms with Gasteiger partial charge in [-0.25, -0.2) is 4.98 Å². The van der Waals surface area contributed by atoms with Crippen molar-refractivity contribution in [2.24, 2.45) is 12.8 Å². The molecule has 0 spiro atoms. The first-order valence-electron chi connectivity index (χ1n) is 6.90. The number of fused-ring (bicyclic) bond motifs is 2. The molecule has 0 saturated carbocycles. The number of nitrogens with two attached hydrogens (primary N) is 1. The number of aromatic nitrogens is 2. The SMILES string of the molecule is Cn1c(-c2coc3ccccc23)nc2c(CN)cccc21. The van der Waals surface area contributed by atoms with Crippen LogP contribution in [0.15, 0.2) is 53.1 Å². The van der Waals surface area contributed by atoms with E-state index < -0.39 is 0 Å². The minimum Gasteiger partial charge on any atom is -0.464 e. The molecule has 2 N–H and O–H groups in total. The van der Waals surface area contributed by atoms with Crippen LogP contribution in [-0.2, 0) is 13.6 Å². The lowest BCUT2D eigenvalue weighted by Gasteiger charge is -2.00. The van der Waals surface area contributed by atoms with Crippen molar-refractivity contribution in [3.05, 3.63) is 54.3 Å². The lowest BCUT2D eigenvalue weighted by atomic mass is 10.1. The first-order valence-corrected chi connectivity index (χ1v) is 6.90. The van der Waals surface area contributed by atoms with Gasteiger partial charge in [-0.2, -0.15) is 0 Å². The van der Waals surface area contributed by atoms with E-state index in [0.717, 1.165) is 39.0 Å². The van der Waals surface area contributed by atoms with Gasteiger partial charge in [-0.15, -0.1) is 0 Å². The topological polar surface area (TPSA) is 57.0 Å². The lowest BCUT2D eigenvalue weighted by Crippen LogP contribution is -1.97. The summed E-state index contributed by atoms with van der Waals surface area (Å²) >= 11 is 0. The number of nitrogens with zero attached hydrogens (tertiary/aromatic N) is 2. The van der Waals surface area contributed by atoms with E-state index in [0.29, 0.717) is 6.54 Å². The third-order valence-corrected chi connectivity index (χ3v) is 3.94. The minimum atomic E-state index is 0.486. The van der Waals surface area contributed by atoms with Gasteiger partial charge in [0.2, 0.25) is 0 Å². The first-order chi connectivity index (χ1) is 10.3. The Bertz CT molecular complexity index is 949. The van der Waals surface area contributed by atoms with E-state index in [2.05, 4.69) is 16.7 Å². The van der Waals surface area contributed by atoms with Crippen molar-refractivity contribution in [3.8, 4) is 11.4 Å². The van der Waals surface area contributed by atoms with Crippen LogP contribution < -0.4 is 5.73 Å². The molecule has 0 bridgehead atoms. The van der Waals surface area contributed by atoms with Gasteiger partial charge in [-0.3, -0.25) is 0 Å². The Hall–Kier alpha value is -2.59. The number of para-hydroxylation sites is 2. The molecule has 0 unspecified atom stereocenters. The van der Waals surface area contributed by atoms with Crippen molar-refractivity contribution in [2.75, 3.05) is 0 Å². The number of rotatable bonds is 2. The van der Waals surface area contributed by atoms with Crippen LogP contribution in [-0.4, -0.2) is 9.55 Å². The summed E-state index contributed by atoms with van der Waals surface area (Å²) in [5.41, 5.74) is 10.8. The maximum absolute atomic E-state index is 5.82. The second-order valence-electron chi connectivity index (χ2n) is 5.13. The summed E-state index contributed by atoms with van der Waals surface area (Å²) in [5.74, 6) is 0.899. The molecule has 104 valence electrons. The van der Waals surface area contributed by atoms with Crippen molar-refractivity contribution in [1.29, 1.82) is 0 Å². The van der Waals surface area contributed by atoms with Crippen molar-refractivity contribution in [2.45, 2.75) is 6.54 Å². The molecular formula is C17H15N3O. The first kappa shape index (κ1) is 12.2. The van der Waals surface area contributed by atoms with E-state index in [1.54, 1.807) is 6.26 Å².